The Morgan fingerprint density at radius 1 is 1.07 bits per heavy atom. The van der Waals surface area contributed by atoms with Gasteiger partial charge >= 0.3 is 0 Å². The van der Waals surface area contributed by atoms with Gasteiger partial charge in [0.25, 0.3) is 0 Å². The summed E-state index contributed by atoms with van der Waals surface area (Å²) in [6, 6.07) is 10.6. The minimum atomic E-state index is 0.569. The summed E-state index contributed by atoms with van der Waals surface area (Å²) in [6.45, 7) is 1.90. The Bertz CT molecular complexity index is 1020. The second kappa shape index (κ2) is 8.51. The SMILES string of the molecule is C1=C(c2cc(Oc3ccc4nc(NC5CCCCC5)sc4c3)ccn2)CCNC1. The maximum atomic E-state index is 6.15. The highest BCUT2D eigenvalue weighted by atomic mass is 32.1. The van der Waals surface area contributed by atoms with Crippen LogP contribution < -0.4 is 15.4 Å². The number of nitrogens with zero attached hydrogens (tertiary/aromatic N) is 2. The Labute approximate surface area is 175 Å². The lowest BCUT2D eigenvalue weighted by atomic mass is 9.96. The van der Waals surface area contributed by atoms with Gasteiger partial charge in [0.15, 0.2) is 5.13 Å². The molecule has 3 aromatic rings. The van der Waals surface area contributed by atoms with Crippen molar-refractivity contribution < 1.29 is 4.74 Å². The summed E-state index contributed by atoms with van der Waals surface area (Å²) < 4.78 is 7.30. The number of ether oxygens (including phenoxy) is 1. The third kappa shape index (κ3) is 4.43. The fourth-order valence-corrected chi connectivity index (χ4v) is 5.06. The van der Waals surface area contributed by atoms with Gasteiger partial charge in [0, 0.05) is 30.9 Å². The molecule has 0 spiro atoms. The van der Waals surface area contributed by atoms with Crippen LogP contribution in [0, 0.1) is 0 Å². The maximum Gasteiger partial charge on any atom is 0.184 e. The van der Waals surface area contributed by atoms with E-state index in [1.165, 1.54) is 37.7 Å². The monoisotopic (exact) mass is 406 g/mol. The number of pyridine rings is 1. The fourth-order valence-electron chi connectivity index (χ4n) is 4.09. The molecule has 150 valence electrons. The molecule has 1 aliphatic carbocycles. The van der Waals surface area contributed by atoms with Crippen molar-refractivity contribution in [2.45, 2.75) is 44.6 Å². The van der Waals surface area contributed by atoms with Crippen LogP contribution in [0.4, 0.5) is 5.13 Å². The summed E-state index contributed by atoms with van der Waals surface area (Å²) >= 11 is 1.71. The van der Waals surface area contributed by atoms with Gasteiger partial charge in [-0.15, -0.1) is 0 Å². The summed E-state index contributed by atoms with van der Waals surface area (Å²) in [5, 5.41) is 7.99. The Kier molecular flexibility index (Phi) is 5.45. The number of hydrogen-bond acceptors (Lipinski definition) is 6. The Morgan fingerprint density at radius 3 is 2.83 bits per heavy atom. The van der Waals surface area contributed by atoms with E-state index in [1.54, 1.807) is 11.3 Å². The van der Waals surface area contributed by atoms with E-state index in [4.69, 9.17) is 9.72 Å². The van der Waals surface area contributed by atoms with Crippen LogP contribution in [0.3, 0.4) is 0 Å². The largest absolute Gasteiger partial charge is 0.457 e. The lowest BCUT2D eigenvalue weighted by Crippen LogP contribution is -2.21. The minimum Gasteiger partial charge on any atom is -0.457 e. The zero-order valence-corrected chi connectivity index (χ0v) is 17.3. The van der Waals surface area contributed by atoms with E-state index in [2.05, 4.69) is 27.8 Å². The van der Waals surface area contributed by atoms with Crippen LogP contribution in [-0.2, 0) is 0 Å². The highest BCUT2D eigenvalue weighted by molar-refractivity contribution is 7.22. The number of anilines is 1. The average molecular weight is 407 g/mol. The highest BCUT2D eigenvalue weighted by Crippen LogP contribution is 2.33. The van der Waals surface area contributed by atoms with Crippen molar-refractivity contribution in [3.05, 3.63) is 48.3 Å². The van der Waals surface area contributed by atoms with Crippen molar-refractivity contribution >= 4 is 32.3 Å². The zero-order chi connectivity index (χ0) is 19.5. The molecule has 0 bridgehead atoms. The quantitative estimate of drug-likeness (QED) is 0.577. The predicted molar refractivity (Wildman–Crippen MR) is 120 cm³/mol. The van der Waals surface area contributed by atoms with Crippen molar-refractivity contribution in [1.29, 1.82) is 0 Å². The van der Waals surface area contributed by atoms with Gasteiger partial charge in [-0.3, -0.25) is 4.98 Å². The lowest BCUT2D eigenvalue weighted by Gasteiger charge is -2.22. The topological polar surface area (TPSA) is 59.1 Å². The summed E-state index contributed by atoms with van der Waals surface area (Å²) in [7, 11) is 0. The van der Waals surface area contributed by atoms with Crippen LogP contribution in [0.2, 0.25) is 0 Å². The highest BCUT2D eigenvalue weighted by Gasteiger charge is 2.15. The van der Waals surface area contributed by atoms with Crippen molar-refractivity contribution in [1.82, 2.24) is 15.3 Å². The number of hydrogen-bond donors (Lipinski definition) is 2. The van der Waals surface area contributed by atoms with E-state index in [0.717, 1.165) is 52.1 Å². The molecule has 0 saturated heterocycles. The Morgan fingerprint density at radius 2 is 1.97 bits per heavy atom. The maximum absolute atomic E-state index is 6.15. The van der Waals surface area contributed by atoms with Gasteiger partial charge in [-0.1, -0.05) is 36.7 Å². The molecule has 0 amide bonds. The van der Waals surface area contributed by atoms with Gasteiger partial charge in [-0.25, -0.2) is 4.98 Å². The van der Waals surface area contributed by atoms with Crippen LogP contribution in [0.25, 0.3) is 15.8 Å². The molecule has 2 N–H and O–H groups in total. The first-order chi connectivity index (χ1) is 14.3. The smallest absolute Gasteiger partial charge is 0.184 e. The molecule has 1 aliphatic heterocycles. The summed E-state index contributed by atoms with van der Waals surface area (Å²) in [5.74, 6) is 1.65. The lowest BCUT2D eigenvalue weighted by molar-refractivity contribution is 0.462. The predicted octanol–water partition coefficient (Wildman–Crippen LogP) is 5.60. The number of nitrogens with one attached hydrogen (secondary N) is 2. The van der Waals surface area contributed by atoms with Gasteiger partial charge in [-0.05, 0) is 49.6 Å². The van der Waals surface area contributed by atoms with Crippen LogP contribution in [0.15, 0.2) is 42.6 Å². The Balaban J connectivity index is 1.32. The standard InChI is InChI=1S/C23H26N4OS/c1-2-4-17(5-3-1)26-23-27-20-7-6-18(15-22(20)29-23)28-19-10-13-25-21(14-19)16-8-11-24-12-9-16/h6-8,10,13-15,17,24H,1-5,9,11-12H2,(H,26,27). The van der Waals surface area contributed by atoms with Gasteiger partial charge < -0.3 is 15.4 Å². The van der Waals surface area contributed by atoms with Crippen molar-refractivity contribution in [2.75, 3.05) is 18.4 Å². The minimum absolute atomic E-state index is 0.569. The van der Waals surface area contributed by atoms with Gasteiger partial charge in [0.05, 0.1) is 15.9 Å². The van der Waals surface area contributed by atoms with Crippen LogP contribution in [0.1, 0.15) is 44.2 Å². The van der Waals surface area contributed by atoms with E-state index in [1.807, 2.05) is 30.5 Å². The van der Waals surface area contributed by atoms with E-state index in [0.29, 0.717) is 6.04 Å². The zero-order valence-electron chi connectivity index (χ0n) is 16.5. The summed E-state index contributed by atoms with van der Waals surface area (Å²) in [5.41, 5.74) is 3.31. The molecule has 6 heteroatoms. The first kappa shape index (κ1) is 18.6. The number of rotatable bonds is 5. The Hall–Kier alpha value is -2.44. The average Bonchev–Trinajstić information content (AvgIpc) is 3.17. The molecule has 3 heterocycles. The second-order valence-electron chi connectivity index (χ2n) is 7.79. The molecule has 0 radical (unpaired) electrons. The fraction of sp³-hybridized carbons (Fsp3) is 0.391. The molecule has 0 unspecified atom stereocenters. The van der Waals surface area contributed by atoms with Gasteiger partial charge in [-0.2, -0.15) is 0 Å². The molecular formula is C23H26N4OS. The molecule has 1 aromatic carbocycles. The van der Waals surface area contributed by atoms with Crippen molar-refractivity contribution in [2.24, 2.45) is 0 Å². The third-order valence-corrected chi connectivity index (χ3v) is 6.60. The molecule has 1 saturated carbocycles. The molecule has 1 fully saturated rings. The van der Waals surface area contributed by atoms with Crippen LogP contribution in [-0.4, -0.2) is 29.1 Å². The molecule has 0 atom stereocenters. The number of thiazole rings is 1. The van der Waals surface area contributed by atoms with Crippen molar-refractivity contribution in [3.8, 4) is 11.5 Å². The molecule has 2 aliphatic rings. The third-order valence-electron chi connectivity index (χ3n) is 5.65. The van der Waals surface area contributed by atoms with E-state index in [9.17, 15) is 0 Å². The number of benzene rings is 1. The molecule has 5 nitrogen and oxygen atoms in total. The molecule has 2 aromatic heterocycles. The van der Waals surface area contributed by atoms with E-state index < -0.39 is 0 Å². The normalized spacial score (nSPS) is 17.9. The molecule has 5 rings (SSSR count). The molecule has 29 heavy (non-hydrogen) atoms. The van der Waals surface area contributed by atoms with Gasteiger partial charge in [0.2, 0.25) is 0 Å². The van der Waals surface area contributed by atoms with E-state index in [-0.39, 0.29) is 0 Å². The second-order valence-corrected chi connectivity index (χ2v) is 8.82. The van der Waals surface area contributed by atoms with Crippen LogP contribution in [0.5, 0.6) is 11.5 Å². The van der Waals surface area contributed by atoms with Crippen LogP contribution >= 0.6 is 11.3 Å². The molecular weight excluding hydrogens is 380 g/mol. The first-order valence-corrected chi connectivity index (χ1v) is 11.4. The number of fused-ring (bicyclic) bond motifs is 1. The van der Waals surface area contributed by atoms with Crippen molar-refractivity contribution in [3.63, 3.8) is 0 Å². The number of aromatic nitrogens is 2. The first-order valence-electron chi connectivity index (χ1n) is 10.5. The summed E-state index contributed by atoms with van der Waals surface area (Å²) in [4.78, 5) is 9.28. The summed E-state index contributed by atoms with van der Waals surface area (Å²) in [6.07, 6.45) is 11.5. The van der Waals surface area contributed by atoms with E-state index >= 15 is 0 Å². The van der Waals surface area contributed by atoms with Gasteiger partial charge in [0.1, 0.15) is 11.5 Å².